The summed E-state index contributed by atoms with van der Waals surface area (Å²) in [7, 11) is 1.00. The molecule has 3 nitrogen and oxygen atoms in total. The van der Waals surface area contributed by atoms with Crippen molar-refractivity contribution >= 4 is 0 Å². The third-order valence-electron chi connectivity index (χ3n) is 0.1000. The fourth-order valence-electron chi connectivity index (χ4n) is 0. The summed E-state index contributed by atoms with van der Waals surface area (Å²) in [5, 5.41) is 22.2. The zero-order chi connectivity index (χ0) is 8.12. The maximum atomic E-state index is 7.62. The highest BCUT2D eigenvalue weighted by molar-refractivity contribution is 4.51. The first-order valence-electron chi connectivity index (χ1n) is 2.57. The Balaban J connectivity index is -0.0000000646. The van der Waals surface area contributed by atoms with E-state index in [4.69, 9.17) is 15.3 Å². The van der Waals surface area contributed by atoms with Gasteiger partial charge in [-0.25, -0.2) is 0 Å². The normalized spacial score (nSPS) is 5.44. The van der Waals surface area contributed by atoms with Crippen LogP contribution in [0.25, 0.3) is 0 Å². The lowest BCUT2D eigenvalue weighted by atomic mass is 10.8. The monoisotopic (exact) mass is 136 g/mol. The van der Waals surface area contributed by atoms with Crippen molar-refractivity contribution in [2.24, 2.45) is 0 Å². The minimum atomic E-state index is -0.125. The maximum absolute atomic E-state index is 7.62. The van der Waals surface area contributed by atoms with Crippen molar-refractivity contribution in [2.75, 3.05) is 20.3 Å². The summed E-state index contributed by atoms with van der Waals surface area (Å²) in [5.41, 5.74) is 0. The van der Waals surface area contributed by atoms with Gasteiger partial charge in [-0.3, -0.25) is 0 Å². The number of hydrogen-bond donors (Lipinski definition) is 3. The van der Waals surface area contributed by atoms with E-state index in [2.05, 4.69) is 6.58 Å². The summed E-state index contributed by atoms with van der Waals surface area (Å²) in [6.45, 7) is 5.00. The molecule has 0 heterocycles. The van der Waals surface area contributed by atoms with Gasteiger partial charge in [-0.2, -0.15) is 0 Å². The fraction of sp³-hybridized carbons (Fsp3) is 0.667. The molecule has 0 atom stereocenters. The van der Waals surface area contributed by atoms with Crippen molar-refractivity contribution in [3.8, 4) is 0 Å². The number of aliphatic hydroxyl groups excluding tert-OH is 3. The summed E-state index contributed by atoms with van der Waals surface area (Å²) in [5.74, 6) is 0. The van der Waals surface area contributed by atoms with Gasteiger partial charge in [0.05, 0.1) is 13.2 Å². The van der Waals surface area contributed by atoms with Gasteiger partial charge in [-0.05, 0) is 6.92 Å². The van der Waals surface area contributed by atoms with Crippen LogP contribution < -0.4 is 0 Å². The fourth-order valence-corrected chi connectivity index (χ4v) is 0. The summed E-state index contributed by atoms with van der Waals surface area (Å²) < 4.78 is 0. The van der Waals surface area contributed by atoms with Gasteiger partial charge >= 0.3 is 0 Å². The molecule has 0 aromatic carbocycles. The van der Waals surface area contributed by atoms with Gasteiger partial charge in [0, 0.05) is 7.11 Å². The van der Waals surface area contributed by atoms with E-state index in [1.807, 2.05) is 6.92 Å². The Labute approximate surface area is 56.3 Å². The van der Waals surface area contributed by atoms with E-state index in [0.717, 1.165) is 7.11 Å². The Morgan fingerprint density at radius 2 is 1.33 bits per heavy atom. The molecule has 0 fully saturated rings. The molecule has 0 aliphatic rings. The molecular formula is C6H16O3. The van der Waals surface area contributed by atoms with Gasteiger partial charge in [-0.1, -0.05) is 6.08 Å². The van der Waals surface area contributed by atoms with Crippen molar-refractivity contribution in [1.82, 2.24) is 0 Å². The lowest BCUT2D eigenvalue weighted by Gasteiger charge is -1.70. The molecule has 0 spiro atoms. The van der Waals surface area contributed by atoms with E-state index >= 15 is 0 Å². The van der Waals surface area contributed by atoms with Crippen molar-refractivity contribution < 1.29 is 15.3 Å². The first-order valence-corrected chi connectivity index (χ1v) is 2.57. The van der Waals surface area contributed by atoms with Crippen LogP contribution in [-0.2, 0) is 0 Å². The van der Waals surface area contributed by atoms with E-state index in [9.17, 15) is 0 Å². The topological polar surface area (TPSA) is 60.7 Å². The third kappa shape index (κ3) is 626. The minimum Gasteiger partial charge on any atom is -0.400 e. The molecule has 0 rings (SSSR count). The largest absolute Gasteiger partial charge is 0.400 e. The maximum Gasteiger partial charge on any atom is 0.0662 e. The molecule has 3 heteroatoms. The zero-order valence-electron chi connectivity index (χ0n) is 6.04. The van der Waals surface area contributed by atoms with Crippen molar-refractivity contribution in [3.05, 3.63) is 12.7 Å². The highest BCUT2D eigenvalue weighted by atomic mass is 16.3. The minimum absolute atomic E-state index is 0.125. The SMILES string of the molecule is C=CC.CO.OCCO. The predicted molar refractivity (Wildman–Crippen MR) is 38.2 cm³/mol. The lowest BCUT2D eigenvalue weighted by Crippen LogP contribution is -1.85. The van der Waals surface area contributed by atoms with Crippen LogP contribution in [0.4, 0.5) is 0 Å². The van der Waals surface area contributed by atoms with E-state index in [-0.39, 0.29) is 13.2 Å². The molecule has 0 aromatic rings. The Bertz CT molecular complexity index is 27.5. The Hall–Kier alpha value is -0.380. The van der Waals surface area contributed by atoms with Gasteiger partial charge in [0.25, 0.3) is 0 Å². The van der Waals surface area contributed by atoms with Crippen LogP contribution in [0.3, 0.4) is 0 Å². The average molecular weight is 136 g/mol. The summed E-state index contributed by atoms with van der Waals surface area (Å²) in [6.07, 6.45) is 1.75. The zero-order valence-corrected chi connectivity index (χ0v) is 6.04. The molecule has 0 saturated carbocycles. The average Bonchev–Trinajstić information content (AvgIpc) is 1.94. The Morgan fingerprint density at radius 1 is 1.22 bits per heavy atom. The molecule has 0 unspecified atom stereocenters. The Kier molecular flexibility index (Phi) is 85.7. The van der Waals surface area contributed by atoms with E-state index in [1.165, 1.54) is 0 Å². The molecule has 0 aliphatic heterocycles. The first kappa shape index (κ1) is 15.8. The van der Waals surface area contributed by atoms with E-state index in [0.29, 0.717) is 0 Å². The summed E-state index contributed by atoms with van der Waals surface area (Å²) >= 11 is 0. The molecular weight excluding hydrogens is 120 g/mol. The molecule has 0 radical (unpaired) electrons. The van der Waals surface area contributed by atoms with Crippen LogP contribution in [0.5, 0.6) is 0 Å². The third-order valence-corrected chi connectivity index (χ3v) is 0.1000. The van der Waals surface area contributed by atoms with Crippen molar-refractivity contribution in [1.29, 1.82) is 0 Å². The number of hydrogen-bond acceptors (Lipinski definition) is 3. The van der Waals surface area contributed by atoms with Gasteiger partial charge in [0.15, 0.2) is 0 Å². The molecule has 0 bridgehead atoms. The van der Waals surface area contributed by atoms with Crippen LogP contribution in [-0.4, -0.2) is 35.6 Å². The van der Waals surface area contributed by atoms with E-state index < -0.39 is 0 Å². The number of allylic oxidation sites excluding steroid dienone is 1. The molecule has 0 amide bonds. The van der Waals surface area contributed by atoms with Crippen LogP contribution in [0.2, 0.25) is 0 Å². The van der Waals surface area contributed by atoms with Crippen molar-refractivity contribution in [3.63, 3.8) is 0 Å². The van der Waals surface area contributed by atoms with Crippen LogP contribution in [0.1, 0.15) is 6.92 Å². The van der Waals surface area contributed by atoms with E-state index in [1.54, 1.807) is 6.08 Å². The smallest absolute Gasteiger partial charge is 0.0662 e. The van der Waals surface area contributed by atoms with Crippen LogP contribution >= 0.6 is 0 Å². The number of aliphatic hydroxyl groups is 3. The molecule has 0 aliphatic carbocycles. The first-order chi connectivity index (χ1) is 4.33. The summed E-state index contributed by atoms with van der Waals surface area (Å²) in [6, 6.07) is 0. The lowest BCUT2D eigenvalue weighted by molar-refractivity contribution is 0.186. The second-order valence-corrected chi connectivity index (χ2v) is 0.855. The Morgan fingerprint density at radius 3 is 1.33 bits per heavy atom. The summed E-state index contributed by atoms with van der Waals surface area (Å²) in [4.78, 5) is 0. The predicted octanol–water partition coefficient (Wildman–Crippen LogP) is -0.228. The second kappa shape index (κ2) is 48.6. The molecule has 9 heavy (non-hydrogen) atoms. The second-order valence-electron chi connectivity index (χ2n) is 0.855. The van der Waals surface area contributed by atoms with Gasteiger partial charge in [0.1, 0.15) is 0 Å². The molecule has 0 saturated heterocycles. The van der Waals surface area contributed by atoms with Crippen molar-refractivity contribution in [2.45, 2.75) is 6.92 Å². The quantitative estimate of drug-likeness (QED) is 0.436. The van der Waals surface area contributed by atoms with Gasteiger partial charge in [-0.15, -0.1) is 6.58 Å². The van der Waals surface area contributed by atoms with Crippen LogP contribution in [0.15, 0.2) is 12.7 Å². The number of rotatable bonds is 1. The highest BCUT2D eigenvalue weighted by Crippen LogP contribution is 1.39. The standard InChI is InChI=1S/C3H6.C2H6O2.CH4O/c1-3-2;3-1-2-4;1-2/h3H,1H2,2H3;3-4H,1-2H2;2H,1H3. The van der Waals surface area contributed by atoms with Crippen LogP contribution in [0, 0.1) is 0 Å². The molecule has 58 valence electrons. The molecule has 0 aromatic heterocycles. The van der Waals surface area contributed by atoms with Gasteiger partial charge in [0.2, 0.25) is 0 Å². The molecule has 3 N–H and O–H groups in total. The highest BCUT2D eigenvalue weighted by Gasteiger charge is 1.58. The van der Waals surface area contributed by atoms with Gasteiger partial charge < -0.3 is 15.3 Å².